The first kappa shape index (κ1) is 60.8. The third-order valence-corrected chi connectivity index (χ3v) is 13.3. The smallest absolute Gasteiger partial charge is 0.462 e. The Morgan fingerprint density at radius 3 is 1.99 bits per heavy atom. The average Bonchev–Trinajstić information content (AvgIpc) is 3.55. The number of aliphatic hydroxyl groups excluding tert-OH is 3. The maximum Gasteiger partial charge on any atom is 0.481 e. The second kappa shape index (κ2) is 34.9. The van der Waals surface area contributed by atoms with Crippen LogP contribution in [0.2, 0.25) is 0 Å². The van der Waals surface area contributed by atoms with Gasteiger partial charge in [-0.3, -0.25) is 23.2 Å². The lowest BCUT2D eigenvalue weighted by atomic mass is 10.0. The zero-order valence-corrected chi connectivity index (χ0v) is 42.0. The van der Waals surface area contributed by atoms with Crippen molar-refractivity contribution in [3.63, 3.8) is 0 Å². The topological polar surface area (TPSA) is 286 Å². The fourth-order valence-corrected chi connectivity index (χ4v) is 9.03. The Hall–Kier alpha value is -3.32. The van der Waals surface area contributed by atoms with E-state index in [4.69, 9.17) is 29.0 Å². The van der Waals surface area contributed by atoms with E-state index in [1.807, 2.05) is 43.4 Å². The van der Waals surface area contributed by atoms with E-state index in [9.17, 15) is 48.6 Å². The van der Waals surface area contributed by atoms with Crippen LogP contribution in [0.1, 0.15) is 155 Å². The van der Waals surface area contributed by atoms with Crippen molar-refractivity contribution in [2.24, 2.45) is 5.92 Å². The Labute approximate surface area is 402 Å². The maximum absolute atomic E-state index is 12.8. The number of aliphatic hydroxyl groups is 3. The molecule has 7 N–H and O–H groups in total. The van der Waals surface area contributed by atoms with Crippen LogP contribution in [0.3, 0.4) is 0 Å². The summed E-state index contributed by atoms with van der Waals surface area (Å²) < 4.78 is 56.6. The predicted molar refractivity (Wildman–Crippen MR) is 258 cm³/mol. The van der Waals surface area contributed by atoms with Crippen molar-refractivity contribution in [1.82, 2.24) is 9.55 Å². The molecule has 0 saturated carbocycles. The summed E-state index contributed by atoms with van der Waals surface area (Å²) in [5.41, 5.74) is 4.57. The molecule has 0 bridgehead atoms. The molecule has 0 aromatic carbocycles. The van der Waals surface area contributed by atoms with Crippen LogP contribution in [0.5, 0.6) is 0 Å². The molecule has 0 aliphatic carbocycles. The lowest BCUT2D eigenvalue weighted by Gasteiger charge is -2.21. The van der Waals surface area contributed by atoms with Gasteiger partial charge < -0.3 is 45.1 Å². The number of aromatic nitrogens is 2. The summed E-state index contributed by atoms with van der Waals surface area (Å²) in [4.78, 5) is 61.7. The minimum absolute atomic E-state index is 0.0412. The number of phosphoric acid groups is 2. The average molecular weight is 1000 g/mol. The van der Waals surface area contributed by atoms with Gasteiger partial charge in [-0.05, 0) is 63.4 Å². The van der Waals surface area contributed by atoms with Gasteiger partial charge in [0.2, 0.25) is 0 Å². The summed E-state index contributed by atoms with van der Waals surface area (Å²) in [5, 5.41) is 30.6. The number of anilines is 1. The molecule has 8 atom stereocenters. The van der Waals surface area contributed by atoms with Crippen LogP contribution in [-0.2, 0) is 46.3 Å². The molecule has 1 aliphatic rings. The first-order chi connectivity index (χ1) is 32.4. The molecule has 1 saturated heterocycles. The summed E-state index contributed by atoms with van der Waals surface area (Å²) in [7, 11) is -10.9. The van der Waals surface area contributed by atoms with Crippen LogP contribution in [0.15, 0.2) is 65.7 Å². The van der Waals surface area contributed by atoms with Crippen LogP contribution in [0, 0.1) is 5.92 Å². The van der Waals surface area contributed by atoms with Crippen molar-refractivity contribution in [3.05, 3.63) is 71.4 Å². The van der Waals surface area contributed by atoms with E-state index in [1.54, 1.807) is 0 Å². The highest BCUT2D eigenvalue weighted by molar-refractivity contribution is 7.61. The molecule has 0 radical (unpaired) electrons. The van der Waals surface area contributed by atoms with Crippen molar-refractivity contribution < 1.29 is 71.4 Å². The molecule has 3 unspecified atom stereocenters. The maximum atomic E-state index is 12.8. The first-order valence-corrected chi connectivity index (χ1v) is 27.1. The molecule has 1 aliphatic heterocycles. The largest absolute Gasteiger partial charge is 0.481 e. The number of hydrogen-bond donors (Lipinski definition) is 6. The van der Waals surface area contributed by atoms with E-state index in [0.29, 0.717) is 32.1 Å². The Balaban J connectivity index is 1.85. The number of unbranched alkanes of at least 4 members (excludes halogenated alkanes) is 9. The Bertz CT molecular complexity index is 1860. The van der Waals surface area contributed by atoms with Crippen LogP contribution < -0.4 is 11.4 Å². The Morgan fingerprint density at radius 1 is 0.794 bits per heavy atom. The van der Waals surface area contributed by atoms with Crippen LogP contribution in [-0.4, -0.2) is 96.9 Å². The summed E-state index contributed by atoms with van der Waals surface area (Å²) >= 11 is 0. The number of esters is 2. The Kier molecular flexibility index (Phi) is 31.2. The lowest BCUT2D eigenvalue weighted by molar-refractivity contribution is -0.161. The van der Waals surface area contributed by atoms with E-state index in [-0.39, 0.29) is 24.8 Å². The third kappa shape index (κ3) is 28.4. The molecule has 388 valence electrons. The van der Waals surface area contributed by atoms with Crippen molar-refractivity contribution in [2.75, 3.05) is 25.6 Å². The number of phosphoric ester groups is 2. The van der Waals surface area contributed by atoms with Gasteiger partial charge in [-0.25, -0.2) is 13.9 Å². The molecule has 0 amide bonds. The first-order valence-electron chi connectivity index (χ1n) is 24.1. The predicted octanol–water partition coefficient (Wildman–Crippen LogP) is 8.21. The highest BCUT2D eigenvalue weighted by Gasteiger charge is 2.46. The molecule has 1 aromatic rings. The van der Waals surface area contributed by atoms with Gasteiger partial charge in [-0.1, -0.05) is 134 Å². The quantitative estimate of drug-likeness (QED) is 0.0157. The van der Waals surface area contributed by atoms with Gasteiger partial charge in [-0.15, -0.1) is 0 Å². The van der Waals surface area contributed by atoms with Crippen LogP contribution in [0.4, 0.5) is 5.82 Å². The number of nitrogens with zero attached hydrogens (tertiary/aromatic N) is 2. The summed E-state index contributed by atoms with van der Waals surface area (Å²) in [6.07, 6.45) is 25.8. The second-order valence-electron chi connectivity index (χ2n) is 17.3. The van der Waals surface area contributed by atoms with Gasteiger partial charge >= 0.3 is 33.3 Å². The van der Waals surface area contributed by atoms with Gasteiger partial charge in [-0.2, -0.15) is 9.29 Å². The summed E-state index contributed by atoms with van der Waals surface area (Å²) in [6.45, 7) is 4.14. The number of nitrogen functional groups attached to an aromatic ring is 1. The van der Waals surface area contributed by atoms with E-state index < -0.39 is 83.7 Å². The fourth-order valence-electron chi connectivity index (χ4n) is 6.92. The molecule has 1 aromatic heterocycles. The zero-order chi connectivity index (χ0) is 50.2. The molecule has 0 spiro atoms. The molecule has 19 nitrogen and oxygen atoms in total. The molecule has 2 heterocycles. The molecule has 21 heteroatoms. The second-order valence-corrected chi connectivity index (χ2v) is 20.3. The molecule has 68 heavy (non-hydrogen) atoms. The highest BCUT2D eigenvalue weighted by Crippen LogP contribution is 2.60. The number of carbonyl (C=O) groups excluding carboxylic acids is 2. The Morgan fingerprint density at radius 2 is 1.37 bits per heavy atom. The zero-order valence-electron chi connectivity index (χ0n) is 40.2. The minimum Gasteiger partial charge on any atom is -0.462 e. The van der Waals surface area contributed by atoms with Gasteiger partial charge in [0, 0.05) is 19.0 Å². The number of nitrogens with two attached hydrogens (primary N) is 1. The minimum atomic E-state index is -5.44. The number of carbonyl (C=O) groups is 2. The number of rotatable bonds is 38. The highest BCUT2D eigenvalue weighted by atomic mass is 31.3. The van der Waals surface area contributed by atoms with Gasteiger partial charge in [0.1, 0.15) is 30.7 Å². The number of ether oxygens (including phenoxy) is 3. The third-order valence-electron chi connectivity index (χ3n) is 10.7. The van der Waals surface area contributed by atoms with Crippen LogP contribution >= 0.6 is 15.6 Å². The SMILES string of the molecule is CCCC(O)C/C=C\C/C=C\C/C=C\C/C=C\CCCC(=O)O[C@H](COC(=O)CCCCCCCCCCCC(C)C)COP(=O)(O)OP(=O)(O)OC[C@H]1O[C@@H](n2ccc(N)nc2=O)[C@H](O)[C@@H]1O. The van der Waals surface area contributed by atoms with E-state index in [2.05, 4.69) is 35.3 Å². The number of hydrogen-bond acceptors (Lipinski definition) is 16. The van der Waals surface area contributed by atoms with Crippen molar-refractivity contribution >= 4 is 33.4 Å². The van der Waals surface area contributed by atoms with Gasteiger partial charge in [0.15, 0.2) is 12.3 Å². The van der Waals surface area contributed by atoms with E-state index >= 15 is 0 Å². The molecular formula is C47H79N3O16P2. The summed E-state index contributed by atoms with van der Waals surface area (Å²) in [6, 6.07) is 1.24. The van der Waals surface area contributed by atoms with E-state index in [0.717, 1.165) is 68.0 Å². The normalized spacial score (nSPS) is 20.4. The molecule has 1 fully saturated rings. The fraction of sp³-hybridized carbons (Fsp3) is 0.702. The molecular weight excluding hydrogens is 924 g/mol. The summed E-state index contributed by atoms with van der Waals surface area (Å²) in [5.74, 6) is -0.659. The van der Waals surface area contributed by atoms with E-state index in [1.165, 1.54) is 38.2 Å². The standard InChI is InChI=1S/C47H79N3O16P2/c1-4-27-38(51)29-24-20-16-12-8-6-5-7-9-13-18-22-26-31-43(53)64-39(34-61-42(52)30-25-21-17-14-10-11-15-19-23-28-37(2)3)35-62-67(57,58)66-68(59,60)63-36-40-44(54)45(55)46(65-40)50-33-32-41(48)49-47(50)56/h5,7-8,12-13,18,20,24,32-33,37-40,44-46,51,54-55H,4,6,9-11,14-17,19,21-23,25-31,34-36H2,1-3H3,(H,57,58)(H,59,60)(H2,48,49,56)/b7-5-,12-8-,18-13-,24-20-/t38?,39-,40-,44-,45-,46-/m1/s1. The molecule has 2 rings (SSSR count). The number of allylic oxidation sites excluding steroid dienone is 7. The van der Waals surface area contributed by atoms with Crippen molar-refractivity contribution in [2.45, 2.75) is 186 Å². The van der Waals surface area contributed by atoms with Gasteiger partial charge in [0.25, 0.3) is 0 Å². The van der Waals surface area contributed by atoms with Crippen molar-refractivity contribution in [1.29, 1.82) is 0 Å². The van der Waals surface area contributed by atoms with Crippen LogP contribution in [0.25, 0.3) is 0 Å². The van der Waals surface area contributed by atoms with Crippen molar-refractivity contribution in [3.8, 4) is 0 Å². The van der Waals surface area contributed by atoms with Gasteiger partial charge in [0.05, 0.1) is 19.3 Å². The lowest BCUT2D eigenvalue weighted by Crippen LogP contribution is -2.36. The monoisotopic (exact) mass is 1000 g/mol.